The molecule has 0 fully saturated rings. The quantitative estimate of drug-likeness (QED) is 0.373. The third kappa shape index (κ3) is 4.60. The Kier molecular flexibility index (Phi) is 6.18. The second kappa shape index (κ2) is 9.56. The highest BCUT2D eigenvalue weighted by Crippen LogP contribution is 2.34. The van der Waals surface area contributed by atoms with Crippen LogP contribution in [0.25, 0.3) is 0 Å². The molecule has 0 saturated carbocycles. The van der Waals surface area contributed by atoms with Crippen LogP contribution in [0.15, 0.2) is 58.0 Å². The number of carbonyl (C=O) groups excluding carboxylic acids is 1. The molecule has 1 aromatic heterocycles. The monoisotopic (exact) mass is 476 g/mol. The van der Waals surface area contributed by atoms with Gasteiger partial charge in [-0.15, -0.1) is 0 Å². The maximum atomic E-state index is 13.0. The van der Waals surface area contributed by atoms with Gasteiger partial charge in [-0.05, 0) is 56.2 Å². The van der Waals surface area contributed by atoms with Crippen molar-refractivity contribution in [1.82, 2.24) is 5.43 Å². The number of fused-ring (bicyclic) bond motifs is 2. The van der Waals surface area contributed by atoms with E-state index in [1.165, 1.54) is 0 Å². The van der Waals surface area contributed by atoms with E-state index in [4.69, 9.17) is 26.1 Å². The van der Waals surface area contributed by atoms with Crippen LogP contribution in [0.3, 0.4) is 0 Å². The molecule has 0 radical (unpaired) electrons. The minimum atomic E-state index is -0.322. The van der Waals surface area contributed by atoms with Gasteiger partial charge in [0.1, 0.15) is 19.0 Å². The smallest absolute Gasteiger partial charge is 0.291 e. The summed E-state index contributed by atoms with van der Waals surface area (Å²) in [5.41, 5.74) is 6.84. The summed E-state index contributed by atoms with van der Waals surface area (Å²) in [4.78, 5) is 13.0. The number of hydrogen-bond donors (Lipinski definition) is 3. The Morgan fingerprint density at radius 2 is 1.76 bits per heavy atom. The van der Waals surface area contributed by atoms with Gasteiger partial charge in [-0.1, -0.05) is 18.2 Å². The maximum absolute atomic E-state index is 13.0. The number of anilines is 2. The van der Waals surface area contributed by atoms with Gasteiger partial charge in [-0.3, -0.25) is 10.2 Å². The highest BCUT2D eigenvalue weighted by atomic mass is 32.1. The number of rotatable bonds is 4. The fourth-order valence-electron chi connectivity index (χ4n) is 4.10. The Morgan fingerprint density at radius 3 is 2.59 bits per heavy atom. The van der Waals surface area contributed by atoms with E-state index in [1.807, 2.05) is 37.3 Å². The first kappa shape index (κ1) is 22.0. The summed E-state index contributed by atoms with van der Waals surface area (Å²) in [6, 6.07) is 15.0. The molecule has 8 nitrogen and oxygen atoms in total. The lowest BCUT2D eigenvalue weighted by molar-refractivity contribution is 0.0994. The predicted molar refractivity (Wildman–Crippen MR) is 134 cm³/mol. The van der Waals surface area contributed by atoms with Gasteiger partial charge in [-0.25, -0.2) is 0 Å². The van der Waals surface area contributed by atoms with Crippen LogP contribution in [0, 0.1) is 6.92 Å². The average molecular weight is 477 g/mol. The third-order valence-electron chi connectivity index (χ3n) is 5.66. The van der Waals surface area contributed by atoms with Crippen LogP contribution in [0.2, 0.25) is 0 Å². The fourth-order valence-corrected chi connectivity index (χ4v) is 4.27. The molecular formula is C25H24N4O4S. The number of amides is 1. The minimum Gasteiger partial charge on any atom is -0.486 e. The van der Waals surface area contributed by atoms with Gasteiger partial charge in [0.2, 0.25) is 0 Å². The highest BCUT2D eigenvalue weighted by molar-refractivity contribution is 7.80. The van der Waals surface area contributed by atoms with Crippen molar-refractivity contribution in [2.75, 3.05) is 23.8 Å². The fraction of sp³-hybridized carbons (Fsp3) is 0.240. The highest BCUT2D eigenvalue weighted by Gasteiger charge is 2.28. The molecule has 0 spiro atoms. The van der Waals surface area contributed by atoms with Crippen molar-refractivity contribution < 1.29 is 18.7 Å². The first-order chi connectivity index (χ1) is 16.6. The topological polar surface area (TPSA) is 97.1 Å². The van der Waals surface area contributed by atoms with Crippen LogP contribution in [0.4, 0.5) is 11.4 Å². The molecule has 9 heteroatoms. The lowest BCUT2D eigenvalue weighted by Crippen LogP contribution is -2.26. The van der Waals surface area contributed by atoms with Gasteiger partial charge in [0.05, 0.1) is 5.71 Å². The predicted octanol–water partition coefficient (Wildman–Crippen LogP) is 4.64. The van der Waals surface area contributed by atoms with E-state index in [9.17, 15) is 4.79 Å². The lowest BCUT2D eigenvalue weighted by atomic mass is 9.93. The van der Waals surface area contributed by atoms with E-state index < -0.39 is 0 Å². The molecule has 1 aliphatic carbocycles. The summed E-state index contributed by atoms with van der Waals surface area (Å²) in [6.45, 7) is 2.87. The first-order valence-electron chi connectivity index (χ1n) is 11.1. The van der Waals surface area contributed by atoms with Crippen LogP contribution in [0.1, 0.15) is 40.3 Å². The van der Waals surface area contributed by atoms with Crippen LogP contribution in [0.5, 0.6) is 11.5 Å². The number of hydrogen-bond acceptors (Lipinski definition) is 6. The SMILES string of the molecule is Cc1c(C(=O)Nc2ccc3c(c2)OCCO3)oc2c1/C(=N/NC(=S)Nc1ccccc1)CCC2. The van der Waals surface area contributed by atoms with Crippen molar-refractivity contribution in [3.05, 3.63) is 71.2 Å². The molecule has 174 valence electrons. The molecule has 1 amide bonds. The molecule has 3 N–H and O–H groups in total. The number of ether oxygens (including phenoxy) is 2. The van der Waals surface area contributed by atoms with Crippen molar-refractivity contribution in [2.45, 2.75) is 26.2 Å². The Labute approximate surface area is 202 Å². The van der Waals surface area contributed by atoms with Crippen LogP contribution >= 0.6 is 12.2 Å². The van der Waals surface area contributed by atoms with Gasteiger partial charge >= 0.3 is 0 Å². The van der Waals surface area contributed by atoms with E-state index in [0.29, 0.717) is 35.5 Å². The molecule has 34 heavy (non-hydrogen) atoms. The largest absolute Gasteiger partial charge is 0.486 e. The number of benzene rings is 2. The lowest BCUT2D eigenvalue weighted by Gasteiger charge is -2.18. The van der Waals surface area contributed by atoms with Crippen LogP contribution < -0.4 is 25.5 Å². The van der Waals surface area contributed by atoms with Crippen LogP contribution in [-0.2, 0) is 6.42 Å². The van der Waals surface area contributed by atoms with Crippen molar-refractivity contribution in [3.8, 4) is 11.5 Å². The van der Waals surface area contributed by atoms with E-state index in [-0.39, 0.29) is 11.7 Å². The van der Waals surface area contributed by atoms with Gasteiger partial charge in [0, 0.05) is 35.0 Å². The summed E-state index contributed by atoms with van der Waals surface area (Å²) in [7, 11) is 0. The van der Waals surface area contributed by atoms with Gasteiger partial charge in [-0.2, -0.15) is 5.10 Å². The molecule has 5 rings (SSSR count). The zero-order valence-corrected chi connectivity index (χ0v) is 19.5. The molecule has 0 atom stereocenters. The molecular weight excluding hydrogens is 452 g/mol. The maximum Gasteiger partial charge on any atom is 0.291 e. The molecule has 2 aromatic carbocycles. The standard InChI is InChI=1S/C25H24N4O4S/c1-15-22-18(28-29-25(34)27-16-6-3-2-4-7-16)8-5-9-20(22)33-23(15)24(30)26-17-10-11-19-21(14-17)32-13-12-31-19/h2-4,6-7,10-11,14H,5,8-9,12-13H2,1H3,(H,26,30)(H2,27,29,34)/b28-18+. The summed E-state index contributed by atoms with van der Waals surface area (Å²) in [5.74, 6) is 2.00. The summed E-state index contributed by atoms with van der Waals surface area (Å²) < 4.78 is 17.1. The molecule has 3 aromatic rings. The number of thiocarbonyl (C=S) groups is 1. The van der Waals surface area contributed by atoms with E-state index >= 15 is 0 Å². The number of furan rings is 1. The number of nitrogens with zero attached hydrogens (tertiary/aromatic N) is 1. The van der Waals surface area contributed by atoms with Gasteiger partial charge in [0.25, 0.3) is 5.91 Å². The second-order valence-corrected chi connectivity index (χ2v) is 8.42. The Morgan fingerprint density at radius 1 is 0.971 bits per heavy atom. The van der Waals surface area contributed by atoms with E-state index in [0.717, 1.165) is 47.5 Å². The molecule has 2 heterocycles. The molecule has 0 unspecified atom stereocenters. The number of nitrogens with one attached hydrogen (secondary N) is 3. The van der Waals surface area contributed by atoms with Crippen molar-refractivity contribution in [2.24, 2.45) is 5.10 Å². The molecule has 0 bridgehead atoms. The Bertz CT molecular complexity index is 1270. The average Bonchev–Trinajstić information content (AvgIpc) is 3.20. The van der Waals surface area contributed by atoms with Crippen LogP contribution in [-0.4, -0.2) is 29.9 Å². The van der Waals surface area contributed by atoms with Crippen molar-refractivity contribution in [3.63, 3.8) is 0 Å². The number of carbonyl (C=O) groups is 1. The number of para-hydroxylation sites is 1. The molecule has 2 aliphatic rings. The van der Waals surface area contributed by atoms with Crippen molar-refractivity contribution >= 4 is 40.3 Å². The van der Waals surface area contributed by atoms with Gasteiger partial charge in [0.15, 0.2) is 22.4 Å². The third-order valence-corrected chi connectivity index (χ3v) is 5.85. The van der Waals surface area contributed by atoms with E-state index in [1.54, 1.807) is 18.2 Å². The zero-order chi connectivity index (χ0) is 23.5. The normalized spacial score (nSPS) is 15.4. The Hall–Kier alpha value is -3.85. The first-order valence-corrected chi connectivity index (χ1v) is 11.5. The zero-order valence-electron chi connectivity index (χ0n) is 18.6. The molecule has 0 saturated heterocycles. The Balaban J connectivity index is 1.32. The van der Waals surface area contributed by atoms with Crippen molar-refractivity contribution in [1.29, 1.82) is 0 Å². The molecule has 1 aliphatic heterocycles. The number of aryl methyl sites for hydroxylation is 1. The second-order valence-electron chi connectivity index (χ2n) is 8.01. The summed E-state index contributed by atoms with van der Waals surface area (Å²) in [6.07, 6.45) is 2.39. The summed E-state index contributed by atoms with van der Waals surface area (Å²) in [5, 5.41) is 10.9. The summed E-state index contributed by atoms with van der Waals surface area (Å²) >= 11 is 5.36. The van der Waals surface area contributed by atoms with E-state index in [2.05, 4.69) is 21.2 Å². The number of hydrazone groups is 1. The minimum absolute atomic E-state index is 0.277. The van der Waals surface area contributed by atoms with Gasteiger partial charge < -0.3 is 24.5 Å².